The maximum atomic E-state index is 5.79. The number of hydrogen-bond acceptors (Lipinski definition) is 1. The van der Waals surface area contributed by atoms with Gasteiger partial charge >= 0.3 is 0 Å². The lowest BCUT2D eigenvalue weighted by atomic mass is 10.2. The van der Waals surface area contributed by atoms with E-state index in [-0.39, 0.29) is 0 Å². The maximum absolute atomic E-state index is 5.79. The molecule has 0 saturated heterocycles. The fourth-order valence-corrected chi connectivity index (χ4v) is 1.48. The van der Waals surface area contributed by atoms with E-state index in [1.807, 2.05) is 0 Å². The first kappa shape index (κ1) is 9.14. The van der Waals surface area contributed by atoms with Crippen LogP contribution >= 0.6 is 34.8 Å². The molecule has 1 aromatic rings. The van der Waals surface area contributed by atoms with Gasteiger partial charge in [-0.05, 0) is 17.7 Å². The molecular weight excluding hydrogens is 204 g/mol. The van der Waals surface area contributed by atoms with Gasteiger partial charge in [0.2, 0.25) is 0 Å². The Labute approximate surface area is 80.0 Å². The lowest BCUT2D eigenvalue weighted by molar-refractivity contribution is 1.07. The smallest absolute Gasteiger partial charge is 0.0638 e. The van der Waals surface area contributed by atoms with E-state index in [1.54, 1.807) is 12.1 Å². The SMILES string of the molecule is NCc1cc(Cl)cc(Cl)c1Cl. The van der Waals surface area contributed by atoms with Crippen LogP contribution in [0.25, 0.3) is 0 Å². The highest BCUT2D eigenvalue weighted by atomic mass is 35.5. The van der Waals surface area contributed by atoms with Crippen LogP contribution in [0.1, 0.15) is 5.56 Å². The lowest BCUT2D eigenvalue weighted by Crippen LogP contribution is -1.97. The molecule has 0 saturated carbocycles. The average Bonchev–Trinajstić information content (AvgIpc) is 1.96. The van der Waals surface area contributed by atoms with Crippen molar-refractivity contribution in [2.45, 2.75) is 6.54 Å². The molecule has 0 aliphatic carbocycles. The molecule has 2 N–H and O–H groups in total. The van der Waals surface area contributed by atoms with Crippen LogP contribution in [0.4, 0.5) is 0 Å². The summed E-state index contributed by atoms with van der Waals surface area (Å²) in [5.74, 6) is 0. The van der Waals surface area contributed by atoms with Crippen molar-refractivity contribution < 1.29 is 0 Å². The zero-order chi connectivity index (χ0) is 8.43. The summed E-state index contributed by atoms with van der Waals surface area (Å²) in [6.45, 7) is 0.346. The Balaban J connectivity index is 3.24. The van der Waals surface area contributed by atoms with Crippen LogP contribution in [0, 0.1) is 0 Å². The molecule has 0 aromatic heterocycles. The van der Waals surface area contributed by atoms with Crippen molar-refractivity contribution in [2.75, 3.05) is 0 Å². The molecule has 0 unspecified atom stereocenters. The molecule has 1 aromatic carbocycles. The van der Waals surface area contributed by atoms with Crippen LogP contribution < -0.4 is 5.73 Å². The Kier molecular flexibility index (Phi) is 3.02. The van der Waals surface area contributed by atoms with Gasteiger partial charge in [-0.1, -0.05) is 34.8 Å². The highest BCUT2D eigenvalue weighted by Gasteiger charge is 2.04. The zero-order valence-corrected chi connectivity index (χ0v) is 7.84. The molecule has 0 aliphatic heterocycles. The Bertz CT molecular complexity index is 273. The minimum absolute atomic E-state index is 0.346. The molecular formula is C7H6Cl3N. The Morgan fingerprint density at radius 2 is 1.82 bits per heavy atom. The van der Waals surface area contributed by atoms with Gasteiger partial charge < -0.3 is 5.73 Å². The van der Waals surface area contributed by atoms with Crippen molar-refractivity contribution in [2.24, 2.45) is 5.73 Å². The van der Waals surface area contributed by atoms with Crippen LogP contribution in [0.3, 0.4) is 0 Å². The van der Waals surface area contributed by atoms with E-state index in [0.717, 1.165) is 5.56 Å². The monoisotopic (exact) mass is 209 g/mol. The molecule has 4 heteroatoms. The van der Waals surface area contributed by atoms with Crippen molar-refractivity contribution >= 4 is 34.8 Å². The summed E-state index contributed by atoms with van der Waals surface area (Å²) in [5, 5.41) is 1.48. The third-order valence-corrected chi connectivity index (χ3v) is 2.35. The topological polar surface area (TPSA) is 26.0 Å². The van der Waals surface area contributed by atoms with Gasteiger partial charge in [-0.15, -0.1) is 0 Å². The number of rotatable bonds is 1. The van der Waals surface area contributed by atoms with Crippen molar-refractivity contribution in [3.05, 3.63) is 32.8 Å². The van der Waals surface area contributed by atoms with Crippen molar-refractivity contribution in [3.63, 3.8) is 0 Å². The summed E-state index contributed by atoms with van der Waals surface area (Å²) in [7, 11) is 0. The predicted octanol–water partition coefficient (Wildman–Crippen LogP) is 3.11. The molecule has 0 heterocycles. The summed E-state index contributed by atoms with van der Waals surface area (Å²) in [4.78, 5) is 0. The van der Waals surface area contributed by atoms with Crippen LogP contribution in [-0.4, -0.2) is 0 Å². The number of halogens is 3. The number of benzene rings is 1. The van der Waals surface area contributed by atoms with E-state index in [9.17, 15) is 0 Å². The van der Waals surface area contributed by atoms with Crippen LogP contribution in [-0.2, 0) is 6.54 Å². The minimum Gasteiger partial charge on any atom is -0.326 e. The standard InChI is InChI=1S/C7H6Cl3N/c8-5-1-4(3-11)7(10)6(9)2-5/h1-2H,3,11H2. The average molecular weight is 210 g/mol. The van der Waals surface area contributed by atoms with Gasteiger partial charge in [-0.25, -0.2) is 0 Å². The Hall–Kier alpha value is 0.0500. The maximum Gasteiger partial charge on any atom is 0.0638 e. The Morgan fingerprint density at radius 1 is 1.18 bits per heavy atom. The van der Waals surface area contributed by atoms with E-state index < -0.39 is 0 Å². The van der Waals surface area contributed by atoms with Gasteiger partial charge in [0.15, 0.2) is 0 Å². The van der Waals surface area contributed by atoms with Crippen LogP contribution in [0.5, 0.6) is 0 Å². The molecule has 0 radical (unpaired) electrons. The van der Waals surface area contributed by atoms with Gasteiger partial charge in [0.1, 0.15) is 0 Å². The molecule has 11 heavy (non-hydrogen) atoms. The highest BCUT2D eigenvalue weighted by molar-refractivity contribution is 6.43. The number of hydrogen-bond donors (Lipinski definition) is 1. The molecule has 0 spiro atoms. The zero-order valence-electron chi connectivity index (χ0n) is 5.57. The largest absolute Gasteiger partial charge is 0.326 e. The van der Waals surface area contributed by atoms with Gasteiger partial charge in [0.05, 0.1) is 10.0 Å². The minimum atomic E-state index is 0.346. The summed E-state index contributed by atoms with van der Waals surface area (Å²) >= 11 is 17.2. The fourth-order valence-electron chi connectivity index (χ4n) is 0.758. The number of nitrogens with two attached hydrogens (primary N) is 1. The molecule has 0 amide bonds. The van der Waals surface area contributed by atoms with E-state index in [2.05, 4.69) is 0 Å². The van der Waals surface area contributed by atoms with Crippen LogP contribution in [0.2, 0.25) is 15.1 Å². The molecule has 0 atom stereocenters. The first-order chi connectivity index (χ1) is 5.15. The highest BCUT2D eigenvalue weighted by Crippen LogP contribution is 2.29. The molecule has 60 valence electrons. The molecule has 0 fully saturated rings. The normalized spacial score (nSPS) is 10.2. The molecule has 0 bridgehead atoms. The molecule has 1 nitrogen and oxygen atoms in total. The summed E-state index contributed by atoms with van der Waals surface area (Å²) in [6, 6.07) is 3.29. The van der Waals surface area contributed by atoms with E-state index in [0.29, 0.717) is 21.6 Å². The van der Waals surface area contributed by atoms with Gasteiger partial charge in [-0.2, -0.15) is 0 Å². The summed E-state index contributed by atoms with van der Waals surface area (Å²) in [6.07, 6.45) is 0. The Morgan fingerprint density at radius 3 is 2.36 bits per heavy atom. The second kappa shape index (κ2) is 3.63. The predicted molar refractivity (Wildman–Crippen MR) is 49.4 cm³/mol. The van der Waals surface area contributed by atoms with E-state index in [1.165, 1.54) is 0 Å². The lowest BCUT2D eigenvalue weighted by Gasteiger charge is -2.02. The van der Waals surface area contributed by atoms with E-state index >= 15 is 0 Å². The fraction of sp³-hybridized carbons (Fsp3) is 0.143. The van der Waals surface area contributed by atoms with Crippen molar-refractivity contribution in [3.8, 4) is 0 Å². The van der Waals surface area contributed by atoms with Gasteiger partial charge in [-0.3, -0.25) is 0 Å². The second-order valence-electron chi connectivity index (χ2n) is 2.06. The van der Waals surface area contributed by atoms with Gasteiger partial charge in [0.25, 0.3) is 0 Å². The summed E-state index contributed by atoms with van der Waals surface area (Å²) in [5.41, 5.74) is 6.15. The van der Waals surface area contributed by atoms with Gasteiger partial charge in [0, 0.05) is 11.6 Å². The first-order valence-electron chi connectivity index (χ1n) is 2.98. The third-order valence-electron chi connectivity index (χ3n) is 1.29. The van der Waals surface area contributed by atoms with Crippen LogP contribution in [0.15, 0.2) is 12.1 Å². The third kappa shape index (κ3) is 2.00. The second-order valence-corrected chi connectivity index (χ2v) is 3.29. The molecule has 0 aliphatic rings. The van der Waals surface area contributed by atoms with Crippen molar-refractivity contribution in [1.29, 1.82) is 0 Å². The van der Waals surface area contributed by atoms with Crippen molar-refractivity contribution in [1.82, 2.24) is 0 Å². The quantitative estimate of drug-likeness (QED) is 0.708. The molecule has 1 rings (SSSR count). The first-order valence-corrected chi connectivity index (χ1v) is 4.12. The van der Waals surface area contributed by atoms with E-state index in [4.69, 9.17) is 40.5 Å². The summed E-state index contributed by atoms with van der Waals surface area (Å²) < 4.78 is 0.